The van der Waals surface area contributed by atoms with Gasteiger partial charge in [0.2, 0.25) is 0 Å². The normalized spacial score (nSPS) is 12.5. The Hall–Kier alpha value is -0.0000000000000000763. The van der Waals surface area contributed by atoms with Gasteiger partial charge in [0.15, 0.2) is 0 Å². The van der Waals surface area contributed by atoms with Gasteiger partial charge in [-0.25, -0.2) is 0 Å². The molecule has 0 bridgehead atoms. The van der Waals surface area contributed by atoms with E-state index in [-0.39, 0.29) is 12.3 Å². The molecule has 25 heavy (non-hydrogen) atoms. The van der Waals surface area contributed by atoms with E-state index in [4.69, 9.17) is 18.1 Å². The molecule has 1 rings (SSSR count). The van der Waals surface area contributed by atoms with E-state index < -0.39 is 15.2 Å². The maximum absolute atomic E-state index is 12.7. The van der Waals surface area contributed by atoms with E-state index in [0.29, 0.717) is 26.4 Å². The van der Waals surface area contributed by atoms with Crippen LogP contribution in [0.25, 0.3) is 0 Å². The summed E-state index contributed by atoms with van der Waals surface area (Å²) in [5, 5.41) is 0. The van der Waals surface area contributed by atoms with Crippen molar-refractivity contribution >= 4 is 31.1 Å². The van der Waals surface area contributed by atoms with Gasteiger partial charge in [-0.1, -0.05) is 28.1 Å². The minimum Gasteiger partial charge on any atom is -0.309 e. The Balaban J connectivity index is 2.96. The van der Waals surface area contributed by atoms with Crippen LogP contribution in [0.2, 0.25) is 0 Å². The van der Waals surface area contributed by atoms with Gasteiger partial charge in [0.25, 0.3) is 0 Å². The Morgan fingerprint density at radius 3 is 1.64 bits per heavy atom. The summed E-state index contributed by atoms with van der Waals surface area (Å²) in [7, 11) is -6.34. The molecule has 0 N–H and O–H groups in total. The van der Waals surface area contributed by atoms with Crippen molar-refractivity contribution in [3.63, 3.8) is 0 Å². The lowest BCUT2D eigenvalue weighted by molar-refractivity contribution is 0.218. The third kappa shape index (κ3) is 7.64. The second-order valence-corrected chi connectivity index (χ2v) is 10.1. The summed E-state index contributed by atoms with van der Waals surface area (Å²) in [4.78, 5) is 0. The lowest BCUT2D eigenvalue weighted by atomic mass is 10.2. The first kappa shape index (κ1) is 23.0. The van der Waals surface area contributed by atoms with Crippen LogP contribution in [-0.2, 0) is 39.5 Å². The first-order valence-electron chi connectivity index (χ1n) is 8.35. The second-order valence-electron chi connectivity index (χ2n) is 5.13. The molecule has 0 aliphatic rings. The van der Waals surface area contributed by atoms with Crippen molar-refractivity contribution in [1.29, 1.82) is 0 Å². The molecule has 1 aromatic carbocycles. The fourth-order valence-electron chi connectivity index (χ4n) is 2.29. The monoisotopic (exact) mass is 456 g/mol. The van der Waals surface area contributed by atoms with Gasteiger partial charge in [-0.2, -0.15) is 0 Å². The number of hydrogen-bond donors (Lipinski definition) is 0. The van der Waals surface area contributed by atoms with Crippen LogP contribution in [-0.4, -0.2) is 26.4 Å². The third-order valence-corrected chi connectivity index (χ3v) is 7.99. The Labute approximate surface area is 158 Å². The fourth-order valence-corrected chi connectivity index (χ4v) is 6.50. The molecule has 6 nitrogen and oxygen atoms in total. The minimum absolute atomic E-state index is 0.171. The highest BCUT2D eigenvalue weighted by Crippen LogP contribution is 2.53. The van der Waals surface area contributed by atoms with E-state index in [1.807, 2.05) is 18.2 Å². The highest BCUT2D eigenvalue weighted by molar-refractivity contribution is 9.10. The Morgan fingerprint density at radius 2 is 1.24 bits per heavy atom. The lowest BCUT2D eigenvalue weighted by Crippen LogP contribution is -2.01. The number of halogens is 1. The summed E-state index contributed by atoms with van der Waals surface area (Å²) in [5.41, 5.74) is 1.61. The van der Waals surface area contributed by atoms with Crippen LogP contribution in [0.1, 0.15) is 38.8 Å². The Bertz CT molecular complexity index is 617. The maximum atomic E-state index is 12.7. The van der Waals surface area contributed by atoms with Crippen LogP contribution in [0.3, 0.4) is 0 Å². The molecule has 0 spiro atoms. The van der Waals surface area contributed by atoms with Crippen molar-refractivity contribution in [2.45, 2.75) is 40.0 Å². The van der Waals surface area contributed by atoms with E-state index in [1.54, 1.807) is 27.7 Å². The van der Waals surface area contributed by atoms with Crippen LogP contribution < -0.4 is 0 Å². The summed E-state index contributed by atoms with van der Waals surface area (Å²) in [6.45, 7) is 8.40. The highest BCUT2D eigenvalue weighted by atomic mass is 79.9. The fraction of sp³-hybridized carbons (Fsp3) is 0.625. The Kier molecular flexibility index (Phi) is 10.1. The smallest absolute Gasteiger partial charge is 0.309 e. The molecule has 0 atom stereocenters. The van der Waals surface area contributed by atoms with Gasteiger partial charge >= 0.3 is 15.2 Å². The zero-order valence-electron chi connectivity index (χ0n) is 15.2. The zero-order valence-corrected chi connectivity index (χ0v) is 18.6. The van der Waals surface area contributed by atoms with Gasteiger partial charge in [0.05, 0.1) is 38.8 Å². The van der Waals surface area contributed by atoms with E-state index in [0.717, 1.165) is 15.6 Å². The van der Waals surface area contributed by atoms with Crippen LogP contribution in [0, 0.1) is 0 Å². The summed E-state index contributed by atoms with van der Waals surface area (Å²) in [5.74, 6) is 0. The van der Waals surface area contributed by atoms with Crippen LogP contribution in [0.15, 0.2) is 22.7 Å². The lowest BCUT2D eigenvalue weighted by Gasteiger charge is -2.19. The minimum atomic E-state index is -3.18. The quantitative estimate of drug-likeness (QED) is 0.360. The van der Waals surface area contributed by atoms with E-state index in [1.165, 1.54) is 0 Å². The molecule has 144 valence electrons. The van der Waals surface area contributed by atoms with Gasteiger partial charge in [0, 0.05) is 4.47 Å². The molecule has 0 heterocycles. The average molecular weight is 457 g/mol. The van der Waals surface area contributed by atoms with Crippen molar-refractivity contribution in [3.8, 4) is 0 Å². The maximum Gasteiger partial charge on any atom is 0.335 e. The number of rotatable bonds is 12. The zero-order chi connectivity index (χ0) is 18.9. The predicted octanol–water partition coefficient (Wildman–Crippen LogP) is 5.98. The summed E-state index contributed by atoms with van der Waals surface area (Å²) < 4.78 is 47.4. The largest absolute Gasteiger partial charge is 0.335 e. The van der Waals surface area contributed by atoms with Gasteiger partial charge in [-0.05, 0) is 44.9 Å². The molecule has 0 radical (unpaired) electrons. The first-order valence-corrected chi connectivity index (χ1v) is 12.6. The van der Waals surface area contributed by atoms with Crippen molar-refractivity contribution in [1.82, 2.24) is 0 Å². The van der Waals surface area contributed by atoms with Crippen LogP contribution >= 0.6 is 31.1 Å². The van der Waals surface area contributed by atoms with E-state index in [9.17, 15) is 9.13 Å². The molecule has 0 unspecified atom stereocenters. The molecular weight excluding hydrogens is 430 g/mol. The molecule has 0 saturated carbocycles. The predicted molar refractivity (Wildman–Crippen MR) is 103 cm³/mol. The number of benzene rings is 1. The van der Waals surface area contributed by atoms with Crippen molar-refractivity contribution in [3.05, 3.63) is 33.8 Å². The molecular formula is C16H27BrO6P2. The highest BCUT2D eigenvalue weighted by Gasteiger charge is 2.27. The first-order chi connectivity index (χ1) is 11.8. The SMILES string of the molecule is CCOP(=O)(Cc1ccc(CP(=O)(OCC)OCC)c(Br)c1)OCC. The van der Waals surface area contributed by atoms with Crippen molar-refractivity contribution < 1.29 is 27.2 Å². The molecule has 0 fully saturated rings. The summed E-state index contributed by atoms with van der Waals surface area (Å²) >= 11 is 3.48. The van der Waals surface area contributed by atoms with Gasteiger partial charge in [-0.15, -0.1) is 0 Å². The Morgan fingerprint density at radius 1 is 0.800 bits per heavy atom. The molecule has 9 heteroatoms. The standard InChI is InChI=1S/C16H27BrO6P2/c1-5-20-24(18,21-6-2)12-14-9-10-15(16(17)11-14)13-25(19,22-7-3)23-8-4/h9-11H,5-8,12-13H2,1-4H3. The van der Waals surface area contributed by atoms with E-state index in [2.05, 4.69) is 15.9 Å². The molecule has 0 saturated heterocycles. The molecule has 0 aliphatic carbocycles. The second kappa shape index (κ2) is 11.0. The topological polar surface area (TPSA) is 71.1 Å². The average Bonchev–Trinajstić information content (AvgIpc) is 2.51. The summed E-state index contributed by atoms with van der Waals surface area (Å²) in [6.07, 6.45) is 0.353. The molecule has 0 amide bonds. The third-order valence-electron chi connectivity index (χ3n) is 3.16. The van der Waals surface area contributed by atoms with E-state index >= 15 is 0 Å². The molecule has 1 aromatic rings. The van der Waals surface area contributed by atoms with Gasteiger partial charge in [-0.3, -0.25) is 9.13 Å². The van der Waals surface area contributed by atoms with Crippen LogP contribution in [0.5, 0.6) is 0 Å². The summed E-state index contributed by atoms with van der Waals surface area (Å²) in [6, 6.07) is 5.49. The van der Waals surface area contributed by atoms with Crippen molar-refractivity contribution in [2.24, 2.45) is 0 Å². The van der Waals surface area contributed by atoms with Crippen molar-refractivity contribution in [2.75, 3.05) is 26.4 Å². The number of hydrogen-bond acceptors (Lipinski definition) is 6. The molecule has 0 aliphatic heterocycles. The van der Waals surface area contributed by atoms with Gasteiger partial charge in [0.1, 0.15) is 0 Å². The van der Waals surface area contributed by atoms with Gasteiger partial charge < -0.3 is 18.1 Å². The van der Waals surface area contributed by atoms with Crippen LogP contribution in [0.4, 0.5) is 0 Å². The molecule has 0 aromatic heterocycles.